The normalized spacial score (nSPS) is 17.2. The zero-order valence-electron chi connectivity index (χ0n) is 12.0. The predicted octanol–water partition coefficient (Wildman–Crippen LogP) is -0.830. The van der Waals surface area contributed by atoms with Crippen molar-refractivity contribution in [3.8, 4) is 0 Å². The molecule has 1 rings (SSSR count). The molecule has 0 saturated carbocycles. The Labute approximate surface area is 115 Å². The van der Waals surface area contributed by atoms with Crippen LogP contribution in [-0.4, -0.2) is 63.0 Å². The maximum absolute atomic E-state index is 11.7. The molecule has 0 atom stereocenters. The fourth-order valence-electron chi connectivity index (χ4n) is 2.34. The van der Waals surface area contributed by atoms with Gasteiger partial charge >= 0.3 is 0 Å². The molecule has 0 bridgehead atoms. The van der Waals surface area contributed by atoms with Crippen LogP contribution in [0.3, 0.4) is 0 Å². The highest BCUT2D eigenvalue weighted by atomic mass is 16.2. The molecule has 1 fully saturated rings. The molecule has 2 amide bonds. The summed E-state index contributed by atoms with van der Waals surface area (Å²) in [6, 6.07) is 0. The molecule has 1 saturated heterocycles. The first kappa shape index (κ1) is 15.9. The molecule has 110 valence electrons. The lowest BCUT2D eigenvalue weighted by Gasteiger charge is -2.31. The van der Waals surface area contributed by atoms with Gasteiger partial charge in [-0.3, -0.25) is 14.5 Å². The van der Waals surface area contributed by atoms with Crippen LogP contribution in [-0.2, 0) is 9.59 Å². The summed E-state index contributed by atoms with van der Waals surface area (Å²) in [4.78, 5) is 24.5. The first-order valence-corrected chi connectivity index (χ1v) is 7.00. The zero-order valence-corrected chi connectivity index (χ0v) is 12.0. The molecule has 0 aromatic rings. The van der Waals surface area contributed by atoms with Crippen molar-refractivity contribution >= 4 is 11.8 Å². The molecular weight excluding hydrogens is 244 g/mol. The van der Waals surface area contributed by atoms with E-state index in [9.17, 15) is 9.59 Å². The summed E-state index contributed by atoms with van der Waals surface area (Å²) in [5, 5.41) is 8.67. The molecule has 0 aromatic carbocycles. The number of carbonyl (C=O) groups excluding carboxylic acids is 2. The Bertz CT molecular complexity index is 288. The minimum Gasteiger partial charge on any atom is -0.355 e. The van der Waals surface area contributed by atoms with E-state index in [2.05, 4.69) is 20.9 Å². The number of nitrogens with zero attached hydrogens (tertiary/aromatic N) is 1. The van der Waals surface area contributed by atoms with Crippen molar-refractivity contribution in [3.63, 3.8) is 0 Å². The van der Waals surface area contributed by atoms with E-state index in [0.29, 0.717) is 19.6 Å². The second-order valence-corrected chi connectivity index (χ2v) is 5.11. The molecule has 19 heavy (non-hydrogen) atoms. The van der Waals surface area contributed by atoms with Crippen LogP contribution in [0.4, 0.5) is 0 Å². The number of amides is 2. The number of nitrogens with one attached hydrogen (secondary N) is 3. The maximum atomic E-state index is 11.7. The molecule has 0 aliphatic carbocycles. The van der Waals surface area contributed by atoms with Crippen molar-refractivity contribution < 1.29 is 9.59 Å². The van der Waals surface area contributed by atoms with Gasteiger partial charge in [-0.15, -0.1) is 0 Å². The number of hydrogen-bond acceptors (Lipinski definition) is 4. The molecule has 0 spiro atoms. The Morgan fingerprint density at radius 2 is 1.79 bits per heavy atom. The van der Waals surface area contributed by atoms with Crippen LogP contribution in [0.5, 0.6) is 0 Å². The maximum Gasteiger partial charge on any atom is 0.234 e. The summed E-state index contributed by atoms with van der Waals surface area (Å²) in [6.45, 7) is 5.97. The Balaban J connectivity index is 2.08. The Morgan fingerprint density at radius 1 is 1.16 bits per heavy atom. The van der Waals surface area contributed by atoms with E-state index in [4.69, 9.17) is 0 Å². The summed E-state index contributed by atoms with van der Waals surface area (Å²) >= 11 is 0. The molecule has 3 N–H and O–H groups in total. The molecule has 1 aliphatic rings. The first-order chi connectivity index (χ1) is 9.11. The van der Waals surface area contributed by atoms with Gasteiger partial charge in [0.05, 0.1) is 6.54 Å². The van der Waals surface area contributed by atoms with Gasteiger partial charge in [-0.2, -0.15) is 0 Å². The quantitative estimate of drug-likeness (QED) is 0.528. The highest BCUT2D eigenvalue weighted by Crippen LogP contribution is 2.15. The fourth-order valence-corrected chi connectivity index (χ4v) is 2.34. The van der Waals surface area contributed by atoms with E-state index in [1.807, 2.05) is 7.05 Å². The highest BCUT2D eigenvalue weighted by Gasteiger charge is 2.19. The Hall–Kier alpha value is -1.14. The summed E-state index contributed by atoms with van der Waals surface area (Å²) in [7, 11) is 1.98. The standard InChI is InChI=1S/C13H26N4O2/c1-11(18)15-5-6-16-13(19)10-17-7-3-12(4-8-17)9-14-2/h12,14H,3-10H2,1-2H3,(H,15,18)(H,16,19). The van der Waals surface area contributed by atoms with E-state index >= 15 is 0 Å². The third-order valence-corrected chi connectivity index (χ3v) is 3.39. The van der Waals surface area contributed by atoms with Crippen molar-refractivity contribution in [1.82, 2.24) is 20.9 Å². The smallest absolute Gasteiger partial charge is 0.234 e. The van der Waals surface area contributed by atoms with E-state index in [1.54, 1.807) is 0 Å². The molecule has 1 aliphatic heterocycles. The summed E-state index contributed by atoms with van der Waals surface area (Å²) in [5.74, 6) is 0.711. The number of likely N-dealkylation sites (tertiary alicyclic amines) is 1. The van der Waals surface area contributed by atoms with Crippen LogP contribution in [0.1, 0.15) is 19.8 Å². The van der Waals surface area contributed by atoms with Crippen molar-refractivity contribution in [3.05, 3.63) is 0 Å². The van der Waals surface area contributed by atoms with Gasteiger partial charge in [-0.1, -0.05) is 0 Å². The number of piperidine rings is 1. The van der Waals surface area contributed by atoms with E-state index < -0.39 is 0 Å². The van der Waals surface area contributed by atoms with Gasteiger partial charge in [-0.05, 0) is 45.4 Å². The van der Waals surface area contributed by atoms with Gasteiger partial charge < -0.3 is 16.0 Å². The van der Waals surface area contributed by atoms with Crippen LogP contribution in [0.2, 0.25) is 0 Å². The van der Waals surface area contributed by atoms with Crippen molar-refractivity contribution in [2.45, 2.75) is 19.8 Å². The molecule has 0 unspecified atom stereocenters. The Morgan fingerprint density at radius 3 is 2.37 bits per heavy atom. The highest BCUT2D eigenvalue weighted by molar-refractivity contribution is 5.78. The second-order valence-electron chi connectivity index (χ2n) is 5.11. The van der Waals surface area contributed by atoms with Crippen LogP contribution in [0.15, 0.2) is 0 Å². The predicted molar refractivity (Wildman–Crippen MR) is 74.8 cm³/mol. The van der Waals surface area contributed by atoms with Crippen molar-refractivity contribution in [1.29, 1.82) is 0 Å². The monoisotopic (exact) mass is 270 g/mol. The van der Waals surface area contributed by atoms with Crippen LogP contribution in [0, 0.1) is 5.92 Å². The largest absolute Gasteiger partial charge is 0.355 e. The van der Waals surface area contributed by atoms with Gasteiger partial charge in [0.25, 0.3) is 0 Å². The summed E-state index contributed by atoms with van der Waals surface area (Å²) in [6.07, 6.45) is 2.31. The Kier molecular flexibility index (Phi) is 7.43. The topological polar surface area (TPSA) is 73.5 Å². The molecule has 6 heteroatoms. The average molecular weight is 270 g/mol. The second kappa shape index (κ2) is 8.87. The van der Waals surface area contributed by atoms with Gasteiger partial charge in [0.2, 0.25) is 11.8 Å². The van der Waals surface area contributed by atoms with Crippen LogP contribution in [0.25, 0.3) is 0 Å². The van der Waals surface area contributed by atoms with Gasteiger partial charge in [0.15, 0.2) is 0 Å². The SMILES string of the molecule is CNCC1CCN(CC(=O)NCCNC(C)=O)CC1. The van der Waals surface area contributed by atoms with E-state index in [-0.39, 0.29) is 11.8 Å². The van der Waals surface area contributed by atoms with Gasteiger partial charge in [0, 0.05) is 20.0 Å². The molecule has 0 radical (unpaired) electrons. The minimum atomic E-state index is -0.0687. The molecule has 0 aromatic heterocycles. The van der Waals surface area contributed by atoms with E-state index in [0.717, 1.165) is 38.4 Å². The minimum absolute atomic E-state index is 0.0393. The molecular formula is C13H26N4O2. The van der Waals surface area contributed by atoms with E-state index in [1.165, 1.54) is 6.92 Å². The lowest BCUT2D eigenvalue weighted by atomic mass is 9.97. The lowest BCUT2D eigenvalue weighted by molar-refractivity contribution is -0.123. The van der Waals surface area contributed by atoms with Crippen LogP contribution >= 0.6 is 0 Å². The number of rotatable bonds is 7. The molecule has 6 nitrogen and oxygen atoms in total. The molecule has 1 heterocycles. The summed E-state index contributed by atoms with van der Waals surface area (Å²) in [5.41, 5.74) is 0. The third-order valence-electron chi connectivity index (χ3n) is 3.39. The fraction of sp³-hybridized carbons (Fsp3) is 0.846. The van der Waals surface area contributed by atoms with Crippen molar-refractivity contribution in [2.24, 2.45) is 5.92 Å². The zero-order chi connectivity index (χ0) is 14.1. The van der Waals surface area contributed by atoms with Crippen molar-refractivity contribution in [2.75, 3.05) is 46.3 Å². The van der Waals surface area contributed by atoms with Crippen LogP contribution < -0.4 is 16.0 Å². The number of carbonyl (C=O) groups is 2. The summed E-state index contributed by atoms with van der Waals surface area (Å²) < 4.78 is 0. The van der Waals surface area contributed by atoms with Gasteiger partial charge in [-0.25, -0.2) is 0 Å². The van der Waals surface area contributed by atoms with Gasteiger partial charge in [0.1, 0.15) is 0 Å². The lowest BCUT2D eigenvalue weighted by Crippen LogP contribution is -2.44. The number of hydrogen-bond donors (Lipinski definition) is 3. The third kappa shape index (κ3) is 7.12. The average Bonchev–Trinajstić information content (AvgIpc) is 2.37. The first-order valence-electron chi connectivity index (χ1n) is 7.00.